The van der Waals surface area contributed by atoms with E-state index in [9.17, 15) is 9.18 Å². The number of halogens is 1. The molecule has 2 saturated heterocycles. The molecule has 0 atom stereocenters. The van der Waals surface area contributed by atoms with Crippen LogP contribution in [0.1, 0.15) is 41.7 Å². The SMILES string of the molecule is O=C(c1ccc[nH]1)N1CCC2(CCCN2Cc2ccc(F)cc2)CC1. The van der Waals surface area contributed by atoms with Crippen LogP contribution in [0.2, 0.25) is 0 Å². The molecule has 4 nitrogen and oxygen atoms in total. The molecule has 1 spiro atoms. The number of aromatic amines is 1. The maximum atomic E-state index is 13.1. The second-order valence-electron chi connectivity index (χ2n) is 7.25. The molecule has 0 radical (unpaired) electrons. The van der Waals surface area contributed by atoms with Crippen LogP contribution < -0.4 is 0 Å². The molecular formula is C20H24FN3O. The Balaban J connectivity index is 1.42. The Morgan fingerprint density at radius 1 is 1.08 bits per heavy atom. The third kappa shape index (κ3) is 3.21. The van der Waals surface area contributed by atoms with Crippen molar-refractivity contribution >= 4 is 5.91 Å². The number of hydrogen-bond donors (Lipinski definition) is 1. The van der Waals surface area contributed by atoms with E-state index >= 15 is 0 Å². The summed E-state index contributed by atoms with van der Waals surface area (Å²) in [5.41, 5.74) is 2.03. The van der Waals surface area contributed by atoms with E-state index in [0.29, 0.717) is 5.69 Å². The summed E-state index contributed by atoms with van der Waals surface area (Å²) >= 11 is 0. The van der Waals surface area contributed by atoms with Crippen molar-refractivity contribution < 1.29 is 9.18 Å². The predicted molar refractivity (Wildman–Crippen MR) is 94.7 cm³/mol. The topological polar surface area (TPSA) is 39.3 Å². The molecule has 2 aliphatic heterocycles. The van der Waals surface area contributed by atoms with Gasteiger partial charge in [0.25, 0.3) is 5.91 Å². The molecule has 5 heteroatoms. The number of rotatable bonds is 3. The van der Waals surface area contributed by atoms with Gasteiger partial charge >= 0.3 is 0 Å². The zero-order valence-corrected chi connectivity index (χ0v) is 14.4. The first-order chi connectivity index (χ1) is 12.2. The minimum atomic E-state index is -0.184. The highest BCUT2D eigenvalue weighted by atomic mass is 19.1. The number of piperidine rings is 1. The molecule has 1 amide bonds. The van der Waals surface area contributed by atoms with Gasteiger partial charge < -0.3 is 9.88 Å². The van der Waals surface area contributed by atoms with Gasteiger partial charge in [-0.15, -0.1) is 0 Å². The number of H-pyrrole nitrogens is 1. The molecule has 2 aromatic rings. The van der Waals surface area contributed by atoms with Gasteiger partial charge in [0.1, 0.15) is 11.5 Å². The molecule has 3 heterocycles. The van der Waals surface area contributed by atoms with E-state index in [1.807, 2.05) is 29.2 Å². The lowest BCUT2D eigenvalue weighted by Crippen LogP contribution is -2.53. The quantitative estimate of drug-likeness (QED) is 0.929. The van der Waals surface area contributed by atoms with Crippen LogP contribution in [0.15, 0.2) is 42.6 Å². The van der Waals surface area contributed by atoms with Gasteiger partial charge in [-0.25, -0.2) is 4.39 Å². The normalized spacial score (nSPS) is 20.3. The van der Waals surface area contributed by atoms with E-state index in [0.717, 1.165) is 44.6 Å². The summed E-state index contributed by atoms with van der Waals surface area (Å²) in [5.74, 6) is -0.0843. The zero-order chi connectivity index (χ0) is 17.3. The Morgan fingerprint density at radius 3 is 2.52 bits per heavy atom. The number of hydrogen-bond acceptors (Lipinski definition) is 2. The van der Waals surface area contributed by atoms with Crippen molar-refractivity contribution in [2.45, 2.75) is 37.8 Å². The summed E-state index contributed by atoms with van der Waals surface area (Å²) in [6, 6.07) is 10.5. The fourth-order valence-electron chi connectivity index (χ4n) is 4.38. The Kier molecular flexibility index (Phi) is 4.34. The Labute approximate surface area is 147 Å². The molecule has 2 aliphatic rings. The number of likely N-dealkylation sites (tertiary alicyclic amines) is 2. The average Bonchev–Trinajstić information content (AvgIpc) is 3.28. The van der Waals surface area contributed by atoms with Crippen LogP contribution in [0.25, 0.3) is 0 Å². The number of carbonyl (C=O) groups excluding carboxylic acids is 1. The zero-order valence-electron chi connectivity index (χ0n) is 14.4. The van der Waals surface area contributed by atoms with E-state index in [-0.39, 0.29) is 17.3 Å². The molecule has 132 valence electrons. The summed E-state index contributed by atoms with van der Waals surface area (Å²) in [7, 11) is 0. The van der Waals surface area contributed by atoms with Crippen molar-refractivity contribution in [1.29, 1.82) is 0 Å². The largest absolute Gasteiger partial charge is 0.357 e. The van der Waals surface area contributed by atoms with Gasteiger partial charge in [0.15, 0.2) is 0 Å². The standard InChI is InChI=1S/C20H24FN3O/c21-17-6-4-16(5-7-17)15-24-12-2-8-20(24)9-13-23(14-10-20)19(25)18-3-1-11-22-18/h1,3-7,11,22H,2,8-10,12-15H2. The minimum Gasteiger partial charge on any atom is -0.357 e. The van der Waals surface area contributed by atoms with Crippen molar-refractivity contribution in [3.8, 4) is 0 Å². The lowest BCUT2D eigenvalue weighted by Gasteiger charge is -2.45. The first-order valence-electron chi connectivity index (χ1n) is 9.08. The van der Waals surface area contributed by atoms with Crippen LogP contribution in [0, 0.1) is 5.82 Å². The van der Waals surface area contributed by atoms with E-state index in [1.165, 1.54) is 25.0 Å². The molecule has 2 fully saturated rings. The fraction of sp³-hybridized carbons (Fsp3) is 0.450. The smallest absolute Gasteiger partial charge is 0.270 e. The molecule has 4 rings (SSSR count). The van der Waals surface area contributed by atoms with E-state index < -0.39 is 0 Å². The van der Waals surface area contributed by atoms with Gasteiger partial charge in [-0.3, -0.25) is 9.69 Å². The molecule has 1 N–H and O–H groups in total. The number of benzene rings is 1. The van der Waals surface area contributed by atoms with Gasteiger partial charge in [-0.05, 0) is 62.1 Å². The van der Waals surface area contributed by atoms with E-state index in [4.69, 9.17) is 0 Å². The lowest BCUT2D eigenvalue weighted by molar-refractivity contribution is 0.0380. The van der Waals surface area contributed by atoms with Crippen molar-refractivity contribution in [2.24, 2.45) is 0 Å². The highest BCUT2D eigenvalue weighted by Gasteiger charge is 2.43. The molecule has 0 unspecified atom stereocenters. The van der Waals surface area contributed by atoms with Gasteiger partial charge in [0.05, 0.1) is 0 Å². The minimum absolute atomic E-state index is 0.0999. The van der Waals surface area contributed by atoms with Gasteiger partial charge in [-0.2, -0.15) is 0 Å². The molecular weight excluding hydrogens is 317 g/mol. The van der Waals surface area contributed by atoms with Crippen molar-refractivity contribution in [3.05, 3.63) is 59.7 Å². The first-order valence-corrected chi connectivity index (χ1v) is 9.08. The maximum Gasteiger partial charge on any atom is 0.270 e. The molecule has 0 aliphatic carbocycles. The van der Waals surface area contributed by atoms with Crippen LogP contribution in [-0.4, -0.2) is 45.9 Å². The highest BCUT2D eigenvalue weighted by Crippen LogP contribution is 2.39. The van der Waals surface area contributed by atoms with Crippen molar-refractivity contribution in [1.82, 2.24) is 14.8 Å². The lowest BCUT2D eigenvalue weighted by atomic mass is 9.84. The van der Waals surface area contributed by atoms with Gasteiger partial charge in [0, 0.05) is 31.4 Å². The highest BCUT2D eigenvalue weighted by molar-refractivity contribution is 5.92. The Morgan fingerprint density at radius 2 is 1.84 bits per heavy atom. The molecule has 1 aromatic heterocycles. The van der Waals surface area contributed by atoms with Gasteiger partial charge in [-0.1, -0.05) is 12.1 Å². The van der Waals surface area contributed by atoms with Crippen molar-refractivity contribution in [3.63, 3.8) is 0 Å². The van der Waals surface area contributed by atoms with Gasteiger partial charge in [0.2, 0.25) is 0 Å². The Bertz CT molecular complexity index is 718. The van der Waals surface area contributed by atoms with E-state index in [2.05, 4.69) is 9.88 Å². The second-order valence-corrected chi connectivity index (χ2v) is 7.25. The predicted octanol–water partition coefficient (Wildman–Crippen LogP) is 3.42. The maximum absolute atomic E-state index is 13.1. The number of carbonyl (C=O) groups is 1. The molecule has 1 aromatic carbocycles. The van der Waals surface area contributed by atoms with Crippen LogP contribution in [0.3, 0.4) is 0 Å². The number of nitrogens with one attached hydrogen (secondary N) is 1. The summed E-state index contributed by atoms with van der Waals surface area (Å²) in [6.45, 7) is 3.56. The van der Waals surface area contributed by atoms with Crippen LogP contribution >= 0.6 is 0 Å². The summed E-state index contributed by atoms with van der Waals surface area (Å²) in [4.78, 5) is 20.0. The van der Waals surface area contributed by atoms with Crippen LogP contribution in [0.5, 0.6) is 0 Å². The molecule has 0 bridgehead atoms. The third-order valence-electron chi connectivity index (χ3n) is 5.84. The Hall–Kier alpha value is -2.14. The number of amides is 1. The van der Waals surface area contributed by atoms with Crippen LogP contribution in [0.4, 0.5) is 4.39 Å². The number of nitrogens with zero attached hydrogens (tertiary/aromatic N) is 2. The first kappa shape index (κ1) is 16.3. The van der Waals surface area contributed by atoms with Crippen molar-refractivity contribution in [2.75, 3.05) is 19.6 Å². The fourth-order valence-corrected chi connectivity index (χ4v) is 4.38. The van der Waals surface area contributed by atoms with E-state index in [1.54, 1.807) is 6.20 Å². The molecule has 25 heavy (non-hydrogen) atoms. The summed E-state index contributed by atoms with van der Waals surface area (Å²) in [6.07, 6.45) is 6.21. The average molecular weight is 341 g/mol. The summed E-state index contributed by atoms with van der Waals surface area (Å²) in [5, 5.41) is 0. The molecule has 0 saturated carbocycles. The second kappa shape index (κ2) is 6.64. The monoisotopic (exact) mass is 341 g/mol. The third-order valence-corrected chi connectivity index (χ3v) is 5.84. The van der Waals surface area contributed by atoms with Crippen LogP contribution in [-0.2, 0) is 6.54 Å². The summed E-state index contributed by atoms with van der Waals surface area (Å²) < 4.78 is 13.1. The number of aromatic nitrogens is 1.